The van der Waals surface area contributed by atoms with Crippen LogP contribution in [0.15, 0.2) is 29.4 Å². The highest BCUT2D eigenvalue weighted by Gasteiger charge is 2.57. The number of nitrogen functional groups attached to an aromatic ring is 1. The van der Waals surface area contributed by atoms with Crippen molar-refractivity contribution in [2.24, 2.45) is 10.7 Å². The first-order valence-corrected chi connectivity index (χ1v) is 8.77. The fourth-order valence-corrected chi connectivity index (χ4v) is 2.78. The number of nitrogens with one attached hydrogen (secondary N) is 1. The van der Waals surface area contributed by atoms with Gasteiger partial charge in [0.1, 0.15) is 23.9 Å². The highest BCUT2D eigenvalue weighted by molar-refractivity contribution is 6.05. The molecule has 0 radical (unpaired) electrons. The largest absolute Gasteiger partial charge is 0.459 e. The minimum atomic E-state index is -3.62. The van der Waals surface area contributed by atoms with E-state index in [1.54, 1.807) is 0 Å². The number of hydrogen-bond donors (Lipinski definition) is 4. The summed E-state index contributed by atoms with van der Waals surface area (Å²) < 4.78 is 48.0. The Morgan fingerprint density at radius 1 is 1.39 bits per heavy atom. The van der Waals surface area contributed by atoms with Crippen molar-refractivity contribution in [3.05, 3.63) is 47.2 Å². The molecule has 0 aromatic carbocycles. The summed E-state index contributed by atoms with van der Waals surface area (Å²) in [6.45, 7) is -0.506. The Labute approximate surface area is 174 Å². The van der Waals surface area contributed by atoms with Crippen molar-refractivity contribution < 1.29 is 27.8 Å². The van der Waals surface area contributed by atoms with Crippen LogP contribution in [0.3, 0.4) is 0 Å². The molecule has 3 heterocycles. The van der Waals surface area contributed by atoms with Gasteiger partial charge in [-0.15, -0.1) is 0 Å². The smallest absolute Gasteiger partial charge is 0.311 e. The van der Waals surface area contributed by atoms with Crippen LogP contribution in [0.4, 0.5) is 24.7 Å². The number of pyridine rings is 2. The standard InChI is InChI=1S/C19H17F3N6O3/c1-18(19(21,22)9-31-17(24)28-18)15-11(20)4-5-13(26-15)27-16(30)14-12(23)7-10(8-25-14)3-2-6-29/h4-5,7-8,29H,6,9,23H2,1H3,(H2,24,28)(H,26,27,30). The number of amides is 1. The van der Waals surface area contributed by atoms with Crippen LogP contribution in [0.5, 0.6) is 0 Å². The Morgan fingerprint density at radius 2 is 2.13 bits per heavy atom. The van der Waals surface area contributed by atoms with Gasteiger partial charge < -0.3 is 26.6 Å². The van der Waals surface area contributed by atoms with Crippen molar-refractivity contribution in [2.45, 2.75) is 18.4 Å². The number of carbonyl (C=O) groups is 1. The van der Waals surface area contributed by atoms with Gasteiger partial charge in [-0.25, -0.2) is 19.4 Å². The average molecular weight is 434 g/mol. The molecule has 0 bridgehead atoms. The molecule has 31 heavy (non-hydrogen) atoms. The molecule has 0 saturated heterocycles. The van der Waals surface area contributed by atoms with Gasteiger partial charge in [-0.1, -0.05) is 11.8 Å². The van der Waals surface area contributed by atoms with Crippen molar-refractivity contribution in [3.63, 3.8) is 0 Å². The SMILES string of the molecule is CC1(c2nc(NC(=O)c3ncc(C#CCO)cc3N)ccc2F)N=C(N)OCC1(F)F. The molecular weight excluding hydrogens is 417 g/mol. The van der Waals surface area contributed by atoms with E-state index in [-0.39, 0.29) is 23.8 Å². The van der Waals surface area contributed by atoms with Crippen LogP contribution >= 0.6 is 0 Å². The van der Waals surface area contributed by atoms with E-state index in [0.717, 1.165) is 19.1 Å². The minimum absolute atomic E-state index is 0.0233. The zero-order valence-corrected chi connectivity index (χ0v) is 16.1. The second-order valence-electron chi connectivity index (χ2n) is 6.62. The summed E-state index contributed by atoms with van der Waals surface area (Å²) in [5.41, 5.74) is 8.19. The number of nitrogens with two attached hydrogens (primary N) is 2. The number of aliphatic hydroxyl groups is 1. The van der Waals surface area contributed by atoms with Gasteiger partial charge in [0.15, 0.2) is 17.8 Å². The fraction of sp³-hybridized carbons (Fsp3) is 0.263. The van der Waals surface area contributed by atoms with Crippen LogP contribution in [0.2, 0.25) is 0 Å². The maximum absolute atomic E-state index is 14.5. The molecule has 3 rings (SSSR count). The van der Waals surface area contributed by atoms with Gasteiger partial charge in [-0.05, 0) is 25.1 Å². The number of halogens is 3. The Kier molecular flexibility index (Phi) is 5.72. The number of hydrogen-bond acceptors (Lipinski definition) is 8. The Hall–Kier alpha value is -3.85. The van der Waals surface area contributed by atoms with Gasteiger partial charge in [0, 0.05) is 11.8 Å². The van der Waals surface area contributed by atoms with Crippen molar-refractivity contribution in [3.8, 4) is 11.8 Å². The number of ether oxygens (including phenoxy) is 1. The first-order chi connectivity index (χ1) is 14.6. The third-order valence-electron chi connectivity index (χ3n) is 4.44. The van der Waals surface area contributed by atoms with Gasteiger partial charge in [-0.3, -0.25) is 4.79 Å². The Balaban J connectivity index is 1.92. The second kappa shape index (κ2) is 8.11. The zero-order chi connectivity index (χ0) is 22.8. The fourth-order valence-electron chi connectivity index (χ4n) is 2.78. The van der Waals surface area contributed by atoms with E-state index in [9.17, 15) is 18.0 Å². The van der Waals surface area contributed by atoms with E-state index in [2.05, 4.69) is 36.9 Å². The number of alkyl halides is 2. The van der Waals surface area contributed by atoms with E-state index in [1.165, 1.54) is 12.3 Å². The average Bonchev–Trinajstić information content (AvgIpc) is 2.71. The molecule has 0 spiro atoms. The second-order valence-corrected chi connectivity index (χ2v) is 6.62. The third-order valence-corrected chi connectivity index (χ3v) is 4.44. The van der Waals surface area contributed by atoms with Gasteiger partial charge in [0.2, 0.25) is 0 Å². The molecule has 162 valence electrons. The number of aliphatic hydroxyl groups excluding tert-OH is 1. The molecule has 9 nitrogen and oxygen atoms in total. The summed E-state index contributed by atoms with van der Waals surface area (Å²) >= 11 is 0. The van der Waals surface area contributed by atoms with Crippen molar-refractivity contribution >= 4 is 23.4 Å². The lowest BCUT2D eigenvalue weighted by Gasteiger charge is -2.36. The van der Waals surface area contributed by atoms with Gasteiger partial charge >= 0.3 is 5.92 Å². The number of aromatic nitrogens is 2. The summed E-state index contributed by atoms with van der Waals surface area (Å²) in [4.78, 5) is 23.8. The lowest BCUT2D eigenvalue weighted by molar-refractivity contribution is -0.118. The monoisotopic (exact) mass is 434 g/mol. The van der Waals surface area contributed by atoms with Crippen LogP contribution in [-0.2, 0) is 10.3 Å². The van der Waals surface area contributed by atoms with Crippen molar-refractivity contribution in [1.82, 2.24) is 9.97 Å². The van der Waals surface area contributed by atoms with Gasteiger partial charge in [-0.2, -0.15) is 8.78 Å². The van der Waals surface area contributed by atoms with Crippen LogP contribution in [0.25, 0.3) is 0 Å². The normalized spacial score (nSPS) is 19.5. The van der Waals surface area contributed by atoms with E-state index in [0.29, 0.717) is 5.56 Å². The number of anilines is 2. The summed E-state index contributed by atoms with van der Waals surface area (Å²) in [7, 11) is 0. The molecule has 6 N–H and O–H groups in total. The van der Waals surface area contributed by atoms with E-state index in [1.807, 2.05) is 0 Å². The molecule has 1 aliphatic rings. The molecular formula is C19H17F3N6O3. The number of carbonyl (C=O) groups excluding carboxylic acids is 1. The third kappa shape index (κ3) is 4.22. The summed E-state index contributed by atoms with van der Waals surface area (Å²) in [5.74, 6) is -0.735. The number of amidine groups is 1. The van der Waals surface area contributed by atoms with E-state index < -0.39 is 41.5 Å². The molecule has 1 amide bonds. The van der Waals surface area contributed by atoms with Crippen molar-refractivity contribution in [1.29, 1.82) is 0 Å². The highest BCUT2D eigenvalue weighted by Crippen LogP contribution is 2.43. The number of rotatable bonds is 3. The van der Waals surface area contributed by atoms with Crippen LogP contribution in [0, 0.1) is 17.7 Å². The number of aliphatic imine (C=N–C) groups is 1. The molecule has 2 aromatic heterocycles. The zero-order valence-electron chi connectivity index (χ0n) is 16.1. The molecule has 12 heteroatoms. The molecule has 0 fully saturated rings. The minimum Gasteiger partial charge on any atom is -0.459 e. The first-order valence-electron chi connectivity index (χ1n) is 8.77. The highest BCUT2D eigenvalue weighted by atomic mass is 19.3. The van der Waals surface area contributed by atoms with E-state index >= 15 is 0 Å². The lowest BCUT2D eigenvalue weighted by Crippen LogP contribution is -2.51. The summed E-state index contributed by atoms with van der Waals surface area (Å²) in [5, 5.41) is 11.0. The predicted octanol–water partition coefficient (Wildman–Crippen LogP) is 0.989. The quantitative estimate of drug-likeness (QED) is 0.527. The van der Waals surface area contributed by atoms with Crippen LogP contribution in [-0.4, -0.2) is 46.1 Å². The molecule has 1 unspecified atom stereocenters. The Bertz CT molecular complexity index is 1130. The van der Waals surface area contributed by atoms with Crippen LogP contribution < -0.4 is 16.8 Å². The maximum atomic E-state index is 14.5. The summed E-state index contributed by atoms with van der Waals surface area (Å²) in [6, 6.07) is 2.78. The van der Waals surface area contributed by atoms with E-state index in [4.69, 9.17) is 16.6 Å². The molecule has 0 saturated carbocycles. The van der Waals surface area contributed by atoms with Gasteiger partial charge in [0.05, 0.1) is 5.69 Å². The molecule has 1 aliphatic heterocycles. The topological polar surface area (TPSA) is 149 Å². The summed E-state index contributed by atoms with van der Waals surface area (Å²) in [6.07, 6.45) is 1.26. The first kappa shape index (κ1) is 21.8. The lowest BCUT2D eigenvalue weighted by atomic mass is 9.89. The molecule has 0 aliphatic carbocycles. The van der Waals surface area contributed by atoms with Gasteiger partial charge in [0.25, 0.3) is 11.9 Å². The van der Waals surface area contributed by atoms with Crippen molar-refractivity contribution in [2.75, 3.05) is 24.3 Å². The maximum Gasteiger partial charge on any atom is 0.311 e. The molecule has 1 atom stereocenters. The number of nitrogens with zero attached hydrogens (tertiary/aromatic N) is 3. The molecule has 2 aromatic rings. The predicted molar refractivity (Wildman–Crippen MR) is 105 cm³/mol. The Morgan fingerprint density at radius 3 is 2.81 bits per heavy atom. The van der Waals surface area contributed by atoms with Crippen LogP contribution in [0.1, 0.15) is 28.7 Å².